The van der Waals surface area contributed by atoms with E-state index in [9.17, 15) is 18.3 Å². The van der Waals surface area contributed by atoms with E-state index in [1.165, 1.54) is 11.8 Å². The second-order valence-electron chi connectivity index (χ2n) is 5.29. The van der Waals surface area contributed by atoms with E-state index >= 15 is 0 Å². The number of nitrogens with one attached hydrogen (secondary N) is 1. The van der Waals surface area contributed by atoms with E-state index in [4.69, 9.17) is 4.74 Å². The minimum atomic E-state index is -4.50. The molecule has 1 aliphatic heterocycles. The van der Waals surface area contributed by atoms with Gasteiger partial charge in [-0.2, -0.15) is 18.3 Å². The summed E-state index contributed by atoms with van der Waals surface area (Å²) in [6.07, 6.45) is -5.18. The maximum absolute atomic E-state index is 13.2. The average molecular weight is 327 g/mol. The van der Waals surface area contributed by atoms with Crippen LogP contribution >= 0.6 is 0 Å². The molecule has 1 aliphatic rings. The highest BCUT2D eigenvalue weighted by atomic mass is 19.4. The van der Waals surface area contributed by atoms with Crippen LogP contribution in [0.5, 0.6) is 0 Å². The number of alkyl halides is 3. The Kier molecular flexibility index (Phi) is 4.13. The normalized spacial score (nSPS) is 16.2. The van der Waals surface area contributed by atoms with E-state index in [1.54, 1.807) is 24.3 Å². The number of nitrogens with zero attached hydrogens (tertiary/aromatic N) is 2. The second kappa shape index (κ2) is 5.95. The Morgan fingerprint density at radius 2 is 2.17 bits per heavy atom. The zero-order valence-electron chi connectivity index (χ0n) is 12.4. The molecule has 0 saturated heterocycles. The van der Waals surface area contributed by atoms with Crippen molar-refractivity contribution in [2.24, 2.45) is 0 Å². The molecule has 2 aromatic rings. The Morgan fingerprint density at radius 1 is 1.39 bits per heavy atom. The van der Waals surface area contributed by atoms with Gasteiger partial charge in [0.05, 0.1) is 11.4 Å². The summed E-state index contributed by atoms with van der Waals surface area (Å²) in [6, 6.07) is 6.51. The summed E-state index contributed by atoms with van der Waals surface area (Å²) in [5.74, 6) is 0. The number of ether oxygens (including phenoxy) is 1. The first-order chi connectivity index (χ1) is 10.9. The zero-order valence-corrected chi connectivity index (χ0v) is 12.4. The molecule has 0 saturated carbocycles. The Labute approximate surface area is 130 Å². The molecule has 0 aliphatic carbocycles. The molecule has 2 heterocycles. The van der Waals surface area contributed by atoms with Gasteiger partial charge in [-0.1, -0.05) is 12.1 Å². The predicted molar refractivity (Wildman–Crippen MR) is 75.9 cm³/mol. The van der Waals surface area contributed by atoms with Crippen molar-refractivity contribution >= 4 is 0 Å². The summed E-state index contributed by atoms with van der Waals surface area (Å²) in [5, 5.41) is 16.5. The van der Waals surface area contributed by atoms with Gasteiger partial charge in [0, 0.05) is 37.7 Å². The number of hydrogen-bond donors (Lipinski definition) is 2. The van der Waals surface area contributed by atoms with Crippen molar-refractivity contribution in [1.29, 1.82) is 0 Å². The maximum atomic E-state index is 13.2. The van der Waals surface area contributed by atoms with Crippen LogP contribution in [0.3, 0.4) is 0 Å². The molecular formula is C15H16F3N3O2. The standard InChI is InChI=1S/C15H16F3N3O2/c1-23-14(22)9-3-2-4-10(7-9)21-12-5-6-19-8-11(12)13(20-21)15(16,17)18/h2-4,7,14,19,22H,5-6,8H2,1H3. The number of aromatic nitrogens is 2. The number of halogens is 3. The number of fused-ring (bicyclic) bond motifs is 1. The Morgan fingerprint density at radius 3 is 2.87 bits per heavy atom. The van der Waals surface area contributed by atoms with Gasteiger partial charge in [0.25, 0.3) is 0 Å². The molecule has 0 spiro atoms. The molecule has 1 aromatic heterocycles. The fourth-order valence-electron chi connectivity index (χ4n) is 2.74. The third kappa shape index (κ3) is 2.97. The van der Waals surface area contributed by atoms with E-state index in [1.807, 2.05) is 0 Å². The quantitative estimate of drug-likeness (QED) is 0.849. The Hall–Kier alpha value is -1.90. The lowest BCUT2D eigenvalue weighted by Gasteiger charge is -2.16. The smallest absolute Gasteiger partial charge is 0.364 e. The van der Waals surface area contributed by atoms with Crippen LogP contribution in [0.4, 0.5) is 13.2 Å². The molecule has 2 N–H and O–H groups in total. The second-order valence-corrected chi connectivity index (χ2v) is 5.29. The van der Waals surface area contributed by atoms with Gasteiger partial charge in [-0.15, -0.1) is 0 Å². The van der Waals surface area contributed by atoms with Gasteiger partial charge >= 0.3 is 6.18 Å². The lowest BCUT2D eigenvalue weighted by molar-refractivity contribution is -0.142. The van der Waals surface area contributed by atoms with E-state index in [2.05, 4.69) is 10.4 Å². The highest BCUT2D eigenvalue weighted by Crippen LogP contribution is 2.35. The Balaban J connectivity index is 2.12. The molecule has 0 amide bonds. The van der Waals surface area contributed by atoms with Crippen LogP contribution in [0.25, 0.3) is 5.69 Å². The topological polar surface area (TPSA) is 59.3 Å². The summed E-state index contributed by atoms with van der Waals surface area (Å²) in [5.41, 5.74) is 0.781. The molecule has 0 bridgehead atoms. The van der Waals surface area contributed by atoms with Crippen molar-refractivity contribution in [2.45, 2.75) is 25.4 Å². The molecule has 0 fully saturated rings. The van der Waals surface area contributed by atoms with Crippen molar-refractivity contribution in [1.82, 2.24) is 15.1 Å². The number of aliphatic hydroxyl groups is 1. The summed E-state index contributed by atoms with van der Waals surface area (Å²) in [6.45, 7) is 0.737. The molecule has 3 rings (SSSR count). The fourth-order valence-corrected chi connectivity index (χ4v) is 2.74. The third-order valence-electron chi connectivity index (χ3n) is 3.82. The van der Waals surface area contributed by atoms with Gasteiger partial charge in [-0.3, -0.25) is 0 Å². The zero-order chi connectivity index (χ0) is 16.6. The average Bonchev–Trinajstić information content (AvgIpc) is 2.94. The fraction of sp³-hybridized carbons (Fsp3) is 0.400. The predicted octanol–water partition coefficient (Wildman–Crippen LogP) is 2.17. The lowest BCUT2D eigenvalue weighted by Crippen LogP contribution is -2.25. The highest BCUT2D eigenvalue weighted by molar-refractivity contribution is 5.42. The Bertz CT molecular complexity index is 712. The minimum Gasteiger partial charge on any atom is -0.364 e. The maximum Gasteiger partial charge on any atom is 0.435 e. The molecule has 1 atom stereocenters. The summed E-state index contributed by atoms with van der Waals surface area (Å²) in [7, 11) is 1.35. The number of methoxy groups -OCH3 is 1. The summed E-state index contributed by atoms with van der Waals surface area (Å²) in [4.78, 5) is 0. The third-order valence-corrected chi connectivity index (χ3v) is 3.82. The summed E-state index contributed by atoms with van der Waals surface area (Å²) >= 11 is 0. The molecule has 1 unspecified atom stereocenters. The minimum absolute atomic E-state index is 0.143. The van der Waals surface area contributed by atoms with Gasteiger partial charge in [-0.05, 0) is 12.1 Å². The van der Waals surface area contributed by atoms with Crippen LogP contribution < -0.4 is 5.32 Å². The molecule has 8 heteroatoms. The van der Waals surface area contributed by atoms with Crippen molar-refractivity contribution in [3.8, 4) is 5.69 Å². The monoisotopic (exact) mass is 327 g/mol. The van der Waals surface area contributed by atoms with E-state index in [-0.39, 0.29) is 12.1 Å². The van der Waals surface area contributed by atoms with E-state index in [0.717, 1.165) is 0 Å². The molecule has 1 aromatic carbocycles. The largest absolute Gasteiger partial charge is 0.435 e. The number of aliphatic hydroxyl groups excluding tert-OH is 1. The van der Waals surface area contributed by atoms with Crippen molar-refractivity contribution in [2.75, 3.05) is 13.7 Å². The van der Waals surface area contributed by atoms with Crippen LogP contribution in [-0.4, -0.2) is 28.5 Å². The van der Waals surface area contributed by atoms with Crippen molar-refractivity contribution in [3.05, 3.63) is 46.8 Å². The first-order valence-corrected chi connectivity index (χ1v) is 7.11. The van der Waals surface area contributed by atoms with Crippen LogP contribution in [0.15, 0.2) is 24.3 Å². The van der Waals surface area contributed by atoms with E-state index < -0.39 is 18.2 Å². The number of benzene rings is 1. The molecule has 23 heavy (non-hydrogen) atoms. The SMILES string of the molecule is COC(O)c1cccc(-n2nc(C(F)(F)F)c3c2CCNC3)c1. The van der Waals surface area contributed by atoms with Gasteiger partial charge in [0.15, 0.2) is 12.0 Å². The number of rotatable bonds is 3. The summed E-state index contributed by atoms with van der Waals surface area (Å²) < 4.78 is 45.8. The van der Waals surface area contributed by atoms with Crippen LogP contribution in [0, 0.1) is 0 Å². The van der Waals surface area contributed by atoms with Gasteiger partial charge in [0.1, 0.15) is 0 Å². The van der Waals surface area contributed by atoms with Gasteiger partial charge in [0.2, 0.25) is 0 Å². The van der Waals surface area contributed by atoms with Gasteiger partial charge < -0.3 is 15.2 Å². The van der Waals surface area contributed by atoms with Crippen molar-refractivity contribution in [3.63, 3.8) is 0 Å². The first-order valence-electron chi connectivity index (χ1n) is 7.11. The molecule has 5 nitrogen and oxygen atoms in total. The van der Waals surface area contributed by atoms with E-state index in [0.29, 0.717) is 29.9 Å². The van der Waals surface area contributed by atoms with Crippen LogP contribution in [0.1, 0.15) is 28.8 Å². The van der Waals surface area contributed by atoms with Gasteiger partial charge in [-0.25, -0.2) is 4.68 Å². The lowest BCUT2D eigenvalue weighted by atomic mass is 10.1. The van der Waals surface area contributed by atoms with Crippen molar-refractivity contribution < 1.29 is 23.0 Å². The molecule has 124 valence electrons. The van der Waals surface area contributed by atoms with Crippen LogP contribution in [0.2, 0.25) is 0 Å². The number of hydrogen-bond acceptors (Lipinski definition) is 4. The molecule has 0 radical (unpaired) electrons. The first kappa shape index (κ1) is 16.0. The highest BCUT2D eigenvalue weighted by Gasteiger charge is 2.39. The molecular weight excluding hydrogens is 311 g/mol. The van der Waals surface area contributed by atoms with Crippen LogP contribution in [-0.2, 0) is 23.9 Å².